The molecule has 2 amide bonds. The van der Waals surface area contributed by atoms with E-state index in [-0.39, 0.29) is 6.03 Å². The first kappa shape index (κ1) is 23.5. The minimum absolute atomic E-state index is 0.103. The number of hydrogen-bond donors (Lipinski definition) is 2. The second-order valence-electron chi connectivity index (χ2n) is 9.88. The number of carbonyl (C=O) groups excluding carboxylic acids is 1. The van der Waals surface area contributed by atoms with E-state index in [1.807, 2.05) is 24.5 Å². The highest BCUT2D eigenvalue weighted by Crippen LogP contribution is 2.36. The lowest BCUT2D eigenvalue weighted by atomic mass is 9.75. The van der Waals surface area contributed by atoms with Gasteiger partial charge in [-0.15, -0.1) is 11.8 Å². The molecule has 4 aliphatic rings. The number of piperazine rings is 1. The van der Waals surface area contributed by atoms with Gasteiger partial charge in [0.25, 0.3) is 0 Å². The van der Waals surface area contributed by atoms with Crippen LogP contribution in [-0.4, -0.2) is 80.5 Å². The zero-order valence-electron chi connectivity index (χ0n) is 20.2. The predicted molar refractivity (Wildman–Crippen MR) is 142 cm³/mol. The standard InChI is InChI=1S/C27H37N5OS/c1-34-26-9-5-6-23(17-26)29-27(33)28-18-25-16-21-10-11-32(25)20-22(21)19-30-12-14-31(15-13-30)24-7-3-2-4-8-24/h2-9,17,21-22,25H,10-16,18-20H2,1H3,(H2,28,29,33). The Bertz CT molecular complexity index is 949. The lowest BCUT2D eigenvalue weighted by Crippen LogP contribution is -2.59. The van der Waals surface area contributed by atoms with Crippen LogP contribution >= 0.6 is 11.8 Å². The van der Waals surface area contributed by atoms with E-state index in [0.717, 1.165) is 55.1 Å². The van der Waals surface area contributed by atoms with Gasteiger partial charge in [-0.3, -0.25) is 9.80 Å². The highest BCUT2D eigenvalue weighted by atomic mass is 32.2. The van der Waals surface area contributed by atoms with Gasteiger partial charge in [-0.2, -0.15) is 0 Å². The first-order chi connectivity index (χ1) is 16.7. The van der Waals surface area contributed by atoms with Crippen molar-refractivity contribution in [3.8, 4) is 0 Å². The van der Waals surface area contributed by atoms with Gasteiger partial charge in [0.1, 0.15) is 0 Å². The average Bonchev–Trinajstić information content (AvgIpc) is 2.89. The van der Waals surface area contributed by atoms with Crippen LogP contribution in [0.1, 0.15) is 12.8 Å². The number of carbonyl (C=O) groups is 1. The summed E-state index contributed by atoms with van der Waals surface area (Å²) >= 11 is 1.68. The molecule has 4 unspecified atom stereocenters. The molecule has 182 valence electrons. The molecule has 0 aliphatic carbocycles. The van der Waals surface area contributed by atoms with Crippen molar-refractivity contribution in [3.05, 3.63) is 54.6 Å². The Morgan fingerprint density at radius 2 is 1.85 bits per heavy atom. The zero-order chi connectivity index (χ0) is 23.3. The lowest BCUT2D eigenvalue weighted by molar-refractivity contribution is -0.0114. The van der Waals surface area contributed by atoms with Crippen LogP contribution in [0.25, 0.3) is 0 Å². The van der Waals surface area contributed by atoms with E-state index < -0.39 is 0 Å². The third kappa shape index (κ3) is 5.70. The van der Waals surface area contributed by atoms with Crippen molar-refractivity contribution in [3.63, 3.8) is 0 Å². The number of fused-ring (bicyclic) bond motifs is 3. The molecule has 2 N–H and O–H groups in total. The first-order valence-corrected chi connectivity index (χ1v) is 13.9. The predicted octanol–water partition coefficient (Wildman–Crippen LogP) is 4.06. The molecule has 6 rings (SSSR count). The third-order valence-corrected chi connectivity index (χ3v) is 8.55. The van der Waals surface area contributed by atoms with E-state index in [2.05, 4.69) is 61.7 Å². The van der Waals surface area contributed by atoms with Crippen molar-refractivity contribution in [2.75, 3.05) is 68.8 Å². The molecule has 4 atom stereocenters. The molecule has 0 spiro atoms. The van der Waals surface area contributed by atoms with E-state index in [1.54, 1.807) is 11.8 Å². The maximum atomic E-state index is 12.5. The molecule has 2 aromatic rings. The van der Waals surface area contributed by atoms with Crippen LogP contribution in [0.4, 0.5) is 16.2 Å². The smallest absolute Gasteiger partial charge is 0.319 e. The van der Waals surface area contributed by atoms with E-state index in [0.29, 0.717) is 6.04 Å². The van der Waals surface area contributed by atoms with Crippen LogP contribution < -0.4 is 15.5 Å². The molecular weight excluding hydrogens is 442 g/mol. The largest absolute Gasteiger partial charge is 0.369 e. The fraction of sp³-hybridized carbons (Fsp3) is 0.519. The van der Waals surface area contributed by atoms with Gasteiger partial charge in [0, 0.05) is 68.1 Å². The van der Waals surface area contributed by atoms with Crippen LogP contribution in [0.15, 0.2) is 59.5 Å². The maximum absolute atomic E-state index is 12.5. The molecule has 6 nitrogen and oxygen atoms in total. The van der Waals surface area contributed by atoms with Crippen molar-refractivity contribution in [2.45, 2.75) is 23.8 Å². The summed E-state index contributed by atoms with van der Waals surface area (Å²) in [4.78, 5) is 21.4. The minimum atomic E-state index is -0.103. The Labute approximate surface area is 208 Å². The molecule has 4 saturated heterocycles. The molecule has 4 aliphatic heterocycles. The van der Waals surface area contributed by atoms with Gasteiger partial charge in [0.2, 0.25) is 0 Å². The molecular formula is C27H37N5OS. The number of nitrogens with one attached hydrogen (secondary N) is 2. The quantitative estimate of drug-likeness (QED) is 0.587. The molecule has 2 bridgehead atoms. The van der Waals surface area contributed by atoms with Crippen LogP contribution in [0.5, 0.6) is 0 Å². The number of anilines is 2. The van der Waals surface area contributed by atoms with Gasteiger partial charge in [0.15, 0.2) is 0 Å². The fourth-order valence-electron chi connectivity index (χ4n) is 5.91. The number of urea groups is 1. The number of hydrogen-bond acceptors (Lipinski definition) is 5. The van der Waals surface area contributed by atoms with Crippen molar-refractivity contribution in [2.24, 2.45) is 11.8 Å². The van der Waals surface area contributed by atoms with Gasteiger partial charge in [-0.25, -0.2) is 4.79 Å². The number of amides is 2. The Morgan fingerprint density at radius 3 is 2.59 bits per heavy atom. The van der Waals surface area contributed by atoms with Crippen LogP contribution in [-0.2, 0) is 0 Å². The van der Waals surface area contributed by atoms with Gasteiger partial charge in [-0.05, 0) is 67.8 Å². The number of nitrogens with zero attached hydrogens (tertiary/aromatic N) is 3. The Balaban J connectivity index is 1.06. The molecule has 7 heteroatoms. The molecule has 4 fully saturated rings. The summed E-state index contributed by atoms with van der Waals surface area (Å²) < 4.78 is 0. The second kappa shape index (κ2) is 11.0. The molecule has 0 radical (unpaired) electrons. The van der Waals surface area contributed by atoms with E-state index >= 15 is 0 Å². The maximum Gasteiger partial charge on any atom is 0.319 e. The van der Waals surface area contributed by atoms with Crippen molar-refractivity contribution in [1.29, 1.82) is 0 Å². The van der Waals surface area contributed by atoms with Crippen molar-refractivity contribution < 1.29 is 4.79 Å². The minimum Gasteiger partial charge on any atom is -0.369 e. The molecule has 0 aromatic heterocycles. The number of piperidine rings is 3. The number of thioether (sulfide) groups is 1. The summed E-state index contributed by atoms with van der Waals surface area (Å²) in [6.07, 6.45) is 4.55. The van der Waals surface area contributed by atoms with Crippen LogP contribution in [0.3, 0.4) is 0 Å². The Morgan fingerprint density at radius 1 is 1.03 bits per heavy atom. The van der Waals surface area contributed by atoms with Crippen LogP contribution in [0.2, 0.25) is 0 Å². The molecule has 2 aromatic carbocycles. The Kier molecular flexibility index (Phi) is 7.62. The number of para-hydroxylation sites is 1. The normalized spacial score (nSPS) is 26.9. The SMILES string of the molecule is CSc1cccc(NC(=O)NCC2CC3CCN2CC3CN2CCN(c3ccccc3)CC2)c1. The summed E-state index contributed by atoms with van der Waals surface area (Å²) in [5.74, 6) is 1.54. The van der Waals surface area contributed by atoms with E-state index in [1.165, 1.54) is 38.2 Å². The molecule has 34 heavy (non-hydrogen) atoms. The van der Waals surface area contributed by atoms with Gasteiger partial charge in [-0.1, -0.05) is 24.3 Å². The highest BCUT2D eigenvalue weighted by Gasteiger charge is 2.40. The number of rotatable bonds is 7. The molecule has 4 heterocycles. The highest BCUT2D eigenvalue weighted by molar-refractivity contribution is 7.98. The zero-order valence-corrected chi connectivity index (χ0v) is 21.0. The fourth-order valence-corrected chi connectivity index (χ4v) is 6.37. The van der Waals surface area contributed by atoms with E-state index in [4.69, 9.17) is 0 Å². The Hall–Kier alpha value is -2.22. The van der Waals surface area contributed by atoms with E-state index in [9.17, 15) is 4.79 Å². The van der Waals surface area contributed by atoms with Crippen molar-refractivity contribution in [1.82, 2.24) is 15.1 Å². The summed E-state index contributed by atoms with van der Waals surface area (Å²) in [5, 5.41) is 6.11. The average molecular weight is 480 g/mol. The monoisotopic (exact) mass is 479 g/mol. The van der Waals surface area contributed by atoms with Crippen LogP contribution in [0, 0.1) is 11.8 Å². The summed E-state index contributed by atoms with van der Waals surface area (Å²) in [6.45, 7) is 8.84. The van der Waals surface area contributed by atoms with Gasteiger partial charge in [0.05, 0.1) is 0 Å². The topological polar surface area (TPSA) is 50.9 Å². The number of benzene rings is 2. The molecule has 0 saturated carbocycles. The van der Waals surface area contributed by atoms with Crippen molar-refractivity contribution >= 4 is 29.2 Å². The van der Waals surface area contributed by atoms with Gasteiger partial charge >= 0.3 is 6.03 Å². The second-order valence-corrected chi connectivity index (χ2v) is 10.8. The summed E-state index contributed by atoms with van der Waals surface area (Å²) in [7, 11) is 0. The summed E-state index contributed by atoms with van der Waals surface area (Å²) in [6, 6.07) is 19.1. The van der Waals surface area contributed by atoms with Gasteiger partial charge < -0.3 is 15.5 Å². The lowest BCUT2D eigenvalue weighted by Gasteiger charge is -2.51. The first-order valence-electron chi connectivity index (χ1n) is 12.6. The third-order valence-electron chi connectivity index (χ3n) is 7.83. The summed E-state index contributed by atoms with van der Waals surface area (Å²) in [5.41, 5.74) is 2.20.